The molecule has 0 aliphatic carbocycles. The highest BCUT2D eigenvalue weighted by Crippen LogP contribution is 2.28. The Labute approximate surface area is 97.0 Å². The van der Waals surface area contributed by atoms with Crippen molar-refractivity contribution >= 4 is 22.6 Å². The van der Waals surface area contributed by atoms with E-state index in [1.165, 1.54) is 0 Å². The molecular weight excluding hydrogens is 291 g/mol. The molecule has 0 heterocycles. The Hall–Kier alpha value is -0.800. The topological polar surface area (TPSA) is 59.0 Å². The summed E-state index contributed by atoms with van der Waals surface area (Å²) < 4.78 is 6.15. The summed E-state index contributed by atoms with van der Waals surface area (Å²) >= 11 is 2.18. The number of halogens is 1. The van der Waals surface area contributed by atoms with Gasteiger partial charge in [-0.3, -0.25) is 0 Å². The van der Waals surface area contributed by atoms with Gasteiger partial charge < -0.3 is 10.5 Å². The average molecular weight is 302 g/mol. The molecule has 0 spiro atoms. The second kappa shape index (κ2) is 5.17. The Balaban J connectivity index is 3.04. The van der Waals surface area contributed by atoms with Gasteiger partial charge in [-0.15, -0.1) is 0 Å². The zero-order valence-electron chi connectivity index (χ0n) is 7.83. The van der Waals surface area contributed by atoms with Crippen molar-refractivity contribution in [2.75, 3.05) is 7.11 Å². The molecule has 0 amide bonds. The van der Waals surface area contributed by atoms with Crippen molar-refractivity contribution in [1.29, 1.82) is 5.26 Å². The standard InChI is InChI=1S/C10H11IN2O/c1-14-9-4-2-3-7(10(9)11)8(13)5-6-12/h2-4,8H,5,13H2,1H3/t8-/m1/s1. The van der Waals surface area contributed by atoms with Crippen LogP contribution in [0.3, 0.4) is 0 Å². The average Bonchev–Trinajstić information content (AvgIpc) is 2.18. The first-order chi connectivity index (χ1) is 6.70. The van der Waals surface area contributed by atoms with Crippen molar-refractivity contribution in [3.05, 3.63) is 27.3 Å². The fourth-order valence-electron chi connectivity index (χ4n) is 1.18. The van der Waals surface area contributed by atoms with Crippen LogP contribution in [-0.4, -0.2) is 7.11 Å². The third-order valence-corrected chi connectivity index (χ3v) is 3.08. The van der Waals surface area contributed by atoms with Gasteiger partial charge in [0, 0.05) is 6.04 Å². The Morgan fingerprint density at radius 2 is 2.36 bits per heavy atom. The van der Waals surface area contributed by atoms with E-state index < -0.39 is 0 Å². The molecule has 1 rings (SSSR count). The number of nitriles is 1. The number of nitrogens with zero attached hydrogens (tertiary/aromatic N) is 1. The summed E-state index contributed by atoms with van der Waals surface area (Å²) in [4.78, 5) is 0. The second-order valence-electron chi connectivity index (χ2n) is 2.83. The summed E-state index contributed by atoms with van der Waals surface area (Å²) in [6.45, 7) is 0. The van der Waals surface area contributed by atoms with Crippen LogP contribution < -0.4 is 10.5 Å². The van der Waals surface area contributed by atoms with Gasteiger partial charge in [-0.2, -0.15) is 5.26 Å². The first kappa shape index (κ1) is 11.3. The van der Waals surface area contributed by atoms with Crippen LogP contribution in [0.5, 0.6) is 5.75 Å². The van der Waals surface area contributed by atoms with E-state index in [1.807, 2.05) is 18.2 Å². The van der Waals surface area contributed by atoms with Gasteiger partial charge in [-0.05, 0) is 34.2 Å². The van der Waals surface area contributed by atoms with E-state index in [1.54, 1.807) is 7.11 Å². The molecule has 0 saturated heterocycles. The second-order valence-corrected chi connectivity index (χ2v) is 3.91. The summed E-state index contributed by atoms with van der Waals surface area (Å²) in [7, 11) is 1.62. The minimum Gasteiger partial charge on any atom is -0.496 e. The first-order valence-electron chi connectivity index (χ1n) is 4.15. The van der Waals surface area contributed by atoms with Crippen molar-refractivity contribution in [3.63, 3.8) is 0 Å². The third-order valence-electron chi connectivity index (χ3n) is 1.92. The molecule has 0 bridgehead atoms. The van der Waals surface area contributed by atoms with Gasteiger partial charge in [-0.25, -0.2) is 0 Å². The van der Waals surface area contributed by atoms with Crippen LogP contribution >= 0.6 is 22.6 Å². The lowest BCUT2D eigenvalue weighted by molar-refractivity contribution is 0.410. The molecule has 0 saturated carbocycles. The van der Waals surface area contributed by atoms with Crippen molar-refractivity contribution in [1.82, 2.24) is 0 Å². The highest BCUT2D eigenvalue weighted by molar-refractivity contribution is 14.1. The van der Waals surface area contributed by atoms with E-state index in [0.29, 0.717) is 6.42 Å². The molecule has 0 aliphatic rings. The number of hydrogen-bond acceptors (Lipinski definition) is 3. The maximum Gasteiger partial charge on any atom is 0.132 e. The fourth-order valence-corrected chi connectivity index (χ4v) is 2.16. The molecule has 3 nitrogen and oxygen atoms in total. The molecule has 4 heteroatoms. The van der Waals surface area contributed by atoms with Crippen molar-refractivity contribution in [3.8, 4) is 11.8 Å². The van der Waals surface area contributed by atoms with Gasteiger partial charge >= 0.3 is 0 Å². The van der Waals surface area contributed by atoms with Crippen LogP contribution in [0.15, 0.2) is 18.2 Å². The Kier molecular flexibility index (Phi) is 4.17. The van der Waals surface area contributed by atoms with Crippen LogP contribution in [0.4, 0.5) is 0 Å². The molecule has 0 fully saturated rings. The molecule has 0 radical (unpaired) electrons. The first-order valence-corrected chi connectivity index (χ1v) is 5.23. The van der Waals surface area contributed by atoms with Crippen LogP contribution in [0, 0.1) is 14.9 Å². The zero-order valence-corrected chi connectivity index (χ0v) is 9.98. The van der Waals surface area contributed by atoms with E-state index in [0.717, 1.165) is 14.9 Å². The number of ether oxygens (including phenoxy) is 1. The third kappa shape index (κ3) is 2.36. The van der Waals surface area contributed by atoms with Crippen molar-refractivity contribution < 1.29 is 4.74 Å². The summed E-state index contributed by atoms with van der Waals surface area (Å²) in [6.07, 6.45) is 0.323. The van der Waals surface area contributed by atoms with E-state index >= 15 is 0 Å². The summed E-state index contributed by atoms with van der Waals surface area (Å²) in [5.74, 6) is 0.802. The molecule has 1 aromatic carbocycles. The minimum atomic E-state index is -0.234. The monoisotopic (exact) mass is 302 g/mol. The van der Waals surface area contributed by atoms with Crippen molar-refractivity contribution in [2.24, 2.45) is 5.73 Å². The lowest BCUT2D eigenvalue weighted by atomic mass is 10.1. The van der Waals surface area contributed by atoms with Gasteiger partial charge in [0.2, 0.25) is 0 Å². The molecule has 2 N–H and O–H groups in total. The normalized spacial score (nSPS) is 11.9. The number of hydrogen-bond donors (Lipinski definition) is 1. The number of rotatable bonds is 3. The summed E-state index contributed by atoms with van der Waals surface area (Å²) in [6, 6.07) is 7.51. The predicted molar refractivity (Wildman–Crippen MR) is 62.9 cm³/mol. The number of methoxy groups -OCH3 is 1. The maximum atomic E-state index is 8.55. The van der Waals surface area contributed by atoms with Crippen LogP contribution in [-0.2, 0) is 0 Å². The van der Waals surface area contributed by atoms with Gasteiger partial charge in [-0.1, -0.05) is 12.1 Å². The quantitative estimate of drug-likeness (QED) is 0.871. The minimum absolute atomic E-state index is 0.234. The Bertz CT molecular complexity index is 360. The predicted octanol–water partition coefficient (Wildman–Crippen LogP) is 2.21. The molecule has 74 valence electrons. The van der Waals surface area contributed by atoms with E-state index in [2.05, 4.69) is 28.7 Å². The molecule has 0 aliphatic heterocycles. The molecule has 1 aromatic rings. The van der Waals surface area contributed by atoms with E-state index in [4.69, 9.17) is 15.7 Å². The van der Waals surface area contributed by atoms with Gasteiger partial charge in [0.15, 0.2) is 0 Å². The van der Waals surface area contributed by atoms with Crippen LogP contribution in [0.1, 0.15) is 18.0 Å². The van der Waals surface area contributed by atoms with Crippen LogP contribution in [0.2, 0.25) is 0 Å². The largest absolute Gasteiger partial charge is 0.496 e. The van der Waals surface area contributed by atoms with Gasteiger partial charge in [0.05, 0.1) is 23.2 Å². The summed E-state index contributed by atoms with van der Waals surface area (Å²) in [5.41, 5.74) is 6.81. The Morgan fingerprint density at radius 1 is 1.64 bits per heavy atom. The van der Waals surface area contributed by atoms with E-state index in [-0.39, 0.29) is 6.04 Å². The fraction of sp³-hybridized carbons (Fsp3) is 0.300. The number of benzene rings is 1. The highest BCUT2D eigenvalue weighted by atomic mass is 127. The molecular formula is C10H11IN2O. The van der Waals surface area contributed by atoms with E-state index in [9.17, 15) is 0 Å². The molecule has 14 heavy (non-hydrogen) atoms. The molecule has 1 atom stereocenters. The van der Waals surface area contributed by atoms with Gasteiger partial charge in [0.1, 0.15) is 5.75 Å². The Morgan fingerprint density at radius 3 is 2.93 bits per heavy atom. The number of nitrogens with two attached hydrogens (primary N) is 1. The smallest absolute Gasteiger partial charge is 0.132 e. The highest BCUT2D eigenvalue weighted by Gasteiger charge is 2.12. The zero-order chi connectivity index (χ0) is 10.6. The van der Waals surface area contributed by atoms with Crippen molar-refractivity contribution in [2.45, 2.75) is 12.5 Å². The molecule has 0 unspecified atom stereocenters. The SMILES string of the molecule is COc1cccc([C@H](N)CC#N)c1I. The lowest BCUT2D eigenvalue weighted by Crippen LogP contribution is -2.11. The van der Waals surface area contributed by atoms with Crippen LogP contribution in [0.25, 0.3) is 0 Å². The summed E-state index contributed by atoms with van der Waals surface area (Å²) in [5, 5.41) is 8.55. The van der Waals surface area contributed by atoms with Gasteiger partial charge in [0.25, 0.3) is 0 Å². The lowest BCUT2D eigenvalue weighted by Gasteiger charge is -2.12. The molecule has 0 aromatic heterocycles. The maximum absolute atomic E-state index is 8.55.